The van der Waals surface area contributed by atoms with E-state index in [-0.39, 0.29) is 24.4 Å². The molecule has 0 spiro atoms. The summed E-state index contributed by atoms with van der Waals surface area (Å²) in [7, 11) is 5.89. The fourth-order valence-electron chi connectivity index (χ4n) is 5.28. The quantitative estimate of drug-likeness (QED) is 0.250. The molecule has 1 saturated carbocycles. The fraction of sp³-hybridized carbons (Fsp3) is 0.452. The number of anilines is 4. The van der Waals surface area contributed by atoms with Crippen molar-refractivity contribution in [2.45, 2.75) is 57.4 Å². The van der Waals surface area contributed by atoms with Gasteiger partial charge in [-0.2, -0.15) is 18.2 Å². The lowest BCUT2D eigenvalue weighted by atomic mass is 9.90. The van der Waals surface area contributed by atoms with Crippen molar-refractivity contribution in [2.24, 2.45) is 0 Å². The third-order valence-electron chi connectivity index (χ3n) is 7.98. The highest BCUT2D eigenvalue weighted by molar-refractivity contribution is 7.85. The van der Waals surface area contributed by atoms with E-state index in [4.69, 9.17) is 4.74 Å². The molecule has 1 atom stereocenters. The van der Waals surface area contributed by atoms with Gasteiger partial charge in [-0.05, 0) is 82.1 Å². The summed E-state index contributed by atoms with van der Waals surface area (Å²) in [5, 5.41) is 8.81. The van der Waals surface area contributed by atoms with E-state index in [0.29, 0.717) is 40.5 Å². The topological polar surface area (TPSA) is 112 Å². The second-order valence-corrected chi connectivity index (χ2v) is 12.7. The zero-order valence-corrected chi connectivity index (χ0v) is 27.1. The molecule has 1 aromatic heterocycles. The number of carbonyl (C=O) groups is 1. The van der Waals surface area contributed by atoms with Gasteiger partial charge in [0.1, 0.15) is 28.1 Å². The number of nitrogens with one attached hydrogen (secondary N) is 3. The second kappa shape index (κ2) is 14.5. The molecule has 244 valence electrons. The average molecular weight is 648 g/mol. The highest BCUT2D eigenvalue weighted by Gasteiger charge is 2.35. The number of aromatic nitrogens is 2. The molecule has 0 bridgehead atoms. The number of ether oxygens (including phenoxy) is 1. The van der Waals surface area contributed by atoms with Crippen LogP contribution in [0.4, 0.5) is 36.3 Å². The number of rotatable bonds is 11. The van der Waals surface area contributed by atoms with Crippen molar-refractivity contribution >= 4 is 40.0 Å². The van der Waals surface area contributed by atoms with Gasteiger partial charge in [0.2, 0.25) is 5.95 Å². The number of alkyl halides is 3. The van der Waals surface area contributed by atoms with Gasteiger partial charge in [-0.25, -0.2) is 9.19 Å². The molecule has 3 N–H and O–H groups in total. The molecular weight excluding hydrogens is 607 g/mol. The van der Waals surface area contributed by atoms with Crippen molar-refractivity contribution < 1.29 is 26.9 Å². The van der Waals surface area contributed by atoms with Gasteiger partial charge in [-0.3, -0.25) is 9.10 Å². The summed E-state index contributed by atoms with van der Waals surface area (Å²) in [5.74, 6) is -0.448. The van der Waals surface area contributed by atoms with E-state index in [1.165, 1.54) is 13.4 Å². The van der Waals surface area contributed by atoms with Crippen LogP contribution in [0.3, 0.4) is 0 Å². The second-order valence-electron chi connectivity index (χ2n) is 11.3. The standard InChI is InChI=1S/C31H40F3N7O3S/c1-19-7-8-21(26(15-19)41(4)45(6)43)17-35-28-24(31(32,33)34)18-36-30(39-28)38-25-14-9-20(16-27(25)44-5)29(42)37-22-10-12-23(13-11-22)40(2)3/h7-9,14-16,18,22-23H,10-13,17H2,1-6H3,(H,37,42)(H2,35,36,38,39). The minimum atomic E-state index is -4.71. The van der Waals surface area contributed by atoms with Crippen molar-refractivity contribution in [1.82, 2.24) is 20.2 Å². The Kier molecular flexibility index (Phi) is 10.9. The highest BCUT2D eigenvalue weighted by atomic mass is 32.2. The Morgan fingerprint density at radius 2 is 1.80 bits per heavy atom. The monoisotopic (exact) mass is 647 g/mol. The lowest BCUT2D eigenvalue weighted by Crippen LogP contribution is -2.41. The van der Waals surface area contributed by atoms with Crippen LogP contribution in [0, 0.1) is 6.92 Å². The van der Waals surface area contributed by atoms with Crippen LogP contribution in [-0.4, -0.2) is 71.6 Å². The molecule has 1 fully saturated rings. The van der Waals surface area contributed by atoms with Crippen molar-refractivity contribution in [3.8, 4) is 5.75 Å². The van der Waals surface area contributed by atoms with Crippen LogP contribution in [0.5, 0.6) is 5.75 Å². The summed E-state index contributed by atoms with van der Waals surface area (Å²) in [6, 6.07) is 10.8. The van der Waals surface area contributed by atoms with Crippen molar-refractivity contribution in [3.63, 3.8) is 0 Å². The summed E-state index contributed by atoms with van der Waals surface area (Å²) in [4.78, 5) is 23.2. The fourth-order valence-corrected chi connectivity index (χ4v) is 5.73. The summed E-state index contributed by atoms with van der Waals surface area (Å²) >= 11 is 0. The summed E-state index contributed by atoms with van der Waals surface area (Å²) in [6.07, 6.45) is 1.33. The van der Waals surface area contributed by atoms with E-state index in [0.717, 1.165) is 31.2 Å². The van der Waals surface area contributed by atoms with Crippen LogP contribution in [0.25, 0.3) is 0 Å². The van der Waals surface area contributed by atoms with Gasteiger partial charge in [0.25, 0.3) is 5.91 Å². The van der Waals surface area contributed by atoms with Gasteiger partial charge < -0.3 is 25.6 Å². The maximum absolute atomic E-state index is 13.9. The number of methoxy groups -OCH3 is 1. The maximum atomic E-state index is 13.9. The predicted molar refractivity (Wildman–Crippen MR) is 171 cm³/mol. The van der Waals surface area contributed by atoms with E-state index < -0.39 is 28.5 Å². The molecule has 2 aromatic carbocycles. The first-order chi connectivity index (χ1) is 21.3. The van der Waals surface area contributed by atoms with Crippen LogP contribution in [0.2, 0.25) is 0 Å². The Labute approximate surface area is 264 Å². The summed E-state index contributed by atoms with van der Waals surface area (Å²) in [5.41, 5.74) is 1.92. The molecule has 0 aliphatic heterocycles. The van der Waals surface area contributed by atoms with Gasteiger partial charge in [0.05, 0.1) is 18.5 Å². The van der Waals surface area contributed by atoms with E-state index in [1.54, 1.807) is 35.6 Å². The SMILES string of the molecule is COc1cc(C(=O)NC2CCC(N(C)C)CC2)ccc1Nc1ncc(C(F)(F)F)c(NCc2ccc(C)cc2N(C)S(C)=O)n1. The molecule has 1 unspecified atom stereocenters. The van der Waals surface area contributed by atoms with Crippen LogP contribution < -0.4 is 25.0 Å². The van der Waals surface area contributed by atoms with E-state index in [2.05, 4.69) is 44.9 Å². The molecule has 1 aliphatic carbocycles. The smallest absolute Gasteiger partial charge is 0.421 e. The normalized spacial score (nSPS) is 17.5. The lowest BCUT2D eigenvalue weighted by molar-refractivity contribution is -0.137. The minimum Gasteiger partial charge on any atom is -0.495 e. The third-order valence-corrected chi connectivity index (χ3v) is 8.95. The average Bonchev–Trinajstić information content (AvgIpc) is 2.99. The minimum absolute atomic E-state index is 0.0133. The van der Waals surface area contributed by atoms with Crippen molar-refractivity contribution in [3.05, 3.63) is 64.8 Å². The Morgan fingerprint density at radius 1 is 1.09 bits per heavy atom. The molecule has 1 heterocycles. The van der Waals surface area contributed by atoms with E-state index in [9.17, 15) is 22.2 Å². The van der Waals surface area contributed by atoms with Crippen LogP contribution >= 0.6 is 0 Å². The molecule has 4 rings (SSSR count). The molecule has 3 aromatic rings. The van der Waals surface area contributed by atoms with Crippen LogP contribution in [-0.2, 0) is 23.7 Å². The largest absolute Gasteiger partial charge is 0.495 e. The number of hydrogen-bond acceptors (Lipinski definition) is 8. The van der Waals surface area contributed by atoms with Crippen molar-refractivity contribution in [1.29, 1.82) is 0 Å². The number of aryl methyl sites for hydroxylation is 1. The molecule has 14 heteroatoms. The molecule has 0 radical (unpaired) electrons. The Hall–Kier alpha value is -3.91. The lowest BCUT2D eigenvalue weighted by Gasteiger charge is -2.33. The number of halogens is 3. The predicted octanol–water partition coefficient (Wildman–Crippen LogP) is 5.50. The number of nitrogens with zero attached hydrogens (tertiary/aromatic N) is 4. The maximum Gasteiger partial charge on any atom is 0.421 e. The van der Waals surface area contributed by atoms with Crippen molar-refractivity contribution in [2.75, 3.05) is 49.4 Å². The Bertz CT molecular complexity index is 1530. The van der Waals surface area contributed by atoms with Crippen LogP contribution in [0.15, 0.2) is 42.6 Å². The number of amides is 1. The Balaban J connectivity index is 1.52. The molecule has 0 saturated heterocycles. The summed E-state index contributed by atoms with van der Waals surface area (Å²) < 4.78 is 60.9. The van der Waals surface area contributed by atoms with Gasteiger partial charge in [-0.15, -0.1) is 0 Å². The number of hydrogen-bond donors (Lipinski definition) is 3. The van der Waals surface area contributed by atoms with Gasteiger partial charge in [-0.1, -0.05) is 12.1 Å². The zero-order chi connectivity index (χ0) is 32.9. The highest BCUT2D eigenvalue weighted by Crippen LogP contribution is 2.36. The molecule has 1 amide bonds. The van der Waals surface area contributed by atoms with Gasteiger partial charge >= 0.3 is 6.18 Å². The van der Waals surface area contributed by atoms with E-state index in [1.807, 2.05) is 19.1 Å². The van der Waals surface area contributed by atoms with Gasteiger partial charge in [0.15, 0.2) is 0 Å². The number of benzene rings is 2. The van der Waals surface area contributed by atoms with Crippen LogP contribution in [0.1, 0.15) is 52.7 Å². The summed E-state index contributed by atoms with van der Waals surface area (Å²) in [6.45, 7) is 1.86. The first-order valence-corrected chi connectivity index (χ1v) is 16.1. The van der Waals surface area contributed by atoms with E-state index >= 15 is 0 Å². The third kappa shape index (κ3) is 8.63. The van der Waals surface area contributed by atoms with Gasteiger partial charge in [0, 0.05) is 43.7 Å². The number of carbonyl (C=O) groups excluding carboxylic acids is 1. The first-order valence-electron chi connectivity index (χ1n) is 14.5. The first kappa shape index (κ1) is 34.0. The molecule has 1 aliphatic rings. The molecular formula is C31H40F3N7O3S. The molecule has 10 nitrogen and oxygen atoms in total. The molecule has 45 heavy (non-hydrogen) atoms. The zero-order valence-electron chi connectivity index (χ0n) is 26.3. The Morgan fingerprint density at radius 3 is 2.42 bits per heavy atom.